The Morgan fingerprint density at radius 3 is 2.62 bits per heavy atom. The summed E-state index contributed by atoms with van der Waals surface area (Å²) < 4.78 is 5.67. The maximum atomic E-state index is 12.5. The van der Waals surface area contributed by atoms with Gasteiger partial charge in [-0.2, -0.15) is 5.10 Å². The SMILES string of the molecule is CC(C)(C)c1cc(NC(=O)c2ccnc(OCc3ccccc3)c2)n[nH]1. The highest BCUT2D eigenvalue weighted by molar-refractivity contribution is 6.03. The van der Waals surface area contributed by atoms with Crippen LogP contribution in [0.25, 0.3) is 0 Å². The van der Waals surface area contributed by atoms with E-state index < -0.39 is 0 Å². The molecule has 3 aromatic rings. The monoisotopic (exact) mass is 350 g/mol. The van der Waals surface area contributed by atoms with E-state index in [0.717, 1.165) is 11.3 Å². The number of nitrogens with one attached hydrogen (secondary N) is 2. The Hall–Kier alpha value is -3.15. The highest BCUT2D eigenvalue weighted by Crippen LogP contribution is 2.22. The highest BCUT2D eigenvalue weighted by Gasteiger charge is 2.18. The zero-order valence-electron chi connectivity index (χ0n) is 15.1. The summed E-state index contributed by atoms with van der Waals surface area (Å²) in [6.45, 7) is 6.62. The number of aromatic amines is 1. The summed E-state index contributed by atoms with van der Waals surface area (Å²) in [4.78, 5) is 16.6. The van der Waals surface area contributed by atoms with Crippen molar-refractivity contribution in [1.82, 2.24) is 15.2 Å². The van der Waals surface area contributed by atoms with Crippen LogP contribution < -0.4 is 10.1 Å². The lowest BCUT2D eigenvalue weighted by atomic mass is 9.92. The van der Waals surface area contributed by atoms with Crippen molar-refractivity contribution in [3.63, 3.8) is 0 Å². The lowest BCUT2D eigenvalue weighted by molar-refractivity contribution is 0.102. The number of H-pyrrole nitrogens is 1. The summed E-state index contributed by atoms with van der Waals surface area (Å²) in [5.74, 6) is 0.631. The number of carbonyl (C=O) groups excluding carboxylic acids is 1. The van der Waals surface area contributed by atoms with Gasteiger partial charge < -0.3 is 10.1 Å². The van der Waals surface area contributed by atoms with E-state index in [2.05, 4.69) is 41.3 Å². The fraction of sp³-hybridized carbons (Fsp3) is 0.250. The lowest BCUT2D eigenvalue weighted by Crippen LogP contribution is -2.13. The number of pyridine rings is 1. The molecule has 0 fully saturated rings. The summed E-state index contributed by atoms with van der Waals surface area (Å²) in [6.07, 6.45) is 1.56. The quantitative estimate of drug-likeness (QED) is 0.730. The second-order valence-electron chi connectivity index (χ2n) is 7.03. The van der Waals surface area contributed by atoms with Crippen LogP contribution >= 0.6 is 0 Å². The summed E-state index contributed by atoms with van der Waals surface area (Å²) in [7, 11) is 0. The minimum atomic E-state index is -0.260. The maximum absolute atomic E-state index is 12.5. The molecule has 2 N–H and O–H groups in total. The van der Waals surface area contributed by atoms with Gasteiger partial charge in [0.25, 0.3) is 5.91 Å². The number of anilines is 1. The summed E-state index contributed by atoms with van der Waals surface area (Å²) in [6, 6.07) is 14.9. The maximum Gasteiger partial charge on any atom is 0.257 e. The van der Waals surface area contributed by atoms with E-state index in [4.69, 9.17) is 4.74 Å². The summed E-state index contributed by atoms with van der Waals surface area (Å²) >= 11 is 0. The Balaban J connectivity index is 1.65. The fourth-order valence-corrected chi connectivity index (χ4v) is 2.32. The fourth-order valence-electron chi connectivity index (χ4n) is 2.32. The molecular weight excluding hydrogens is 328 g/mol. The average Bonchev–Trinajstić information content (AvgIpc) is 3.10. The van der Waals surface area contributed by atoms with Gasteiger partial charge in [0, 0.05) is 35.0 Å². The van der Waals surface area contributed by atoms with Gasteiger partial charge in [0.2, 0.25) is 5.88 Å². The molecular formula is C20H22N4O2. The molecule has 1 aromatic carbocycles. The Bertz CT molecular complexity index is 882. The van der Waals surface area contributed by atoms with Crippen LogP contribution in [-0.2, 0) is 12.0 Å². The van der Waals surface area contributed by atoms with Gasteiger partial charge in [-0.15, -0.1) is 0 Å². The zero-order valence-corrected chi connectivity index (χ0v) is 15.1. The van der Waals surface area contributed by atoms with Gasteiger partial charge in [-0.1, -0.05) is 51.1 Å². The first-order chi connectivity index (χ1) is 12.4. The Morgan fingerprint density at radius 2 is 1.92 bits per heavy atom. The van der Waals surface area contributed by atoms with Gasteiger partial charge in [-0.3, -0.25) is 9.89 Å². The lowest BCUT2D eigenvalue weighted by Gasteiger charge is -2.14. The van der Waals surface area contributed by atoms with Crippen LogP contribution in [0.4, 0.5) is 5.82 Å². The van der Waals surface area contributed by atoms with E-state index in [1.807, 2.05) is 36.4 Å². The second kappa shape index (κ2) is 7.39. The van der Waals surface area contributed by atoms with Gasteiger partial charge in [0.1, 0.15) is 6.61 Å². The van der Waals surface area contributed by atoms with Crippen LogP contribution in [0, 0.1) is 0 Å². The molecule has 2 heterocycles. The van der Waals surface area contributed by atoms with Crippen LogP contribution in [-0.4, -0.2) is 21.1 Å². The van der Waals surface area contributed by atoms with Crippen molar-refractivity contribution in [3.8, 4) is 5.88 Å². The summed E-state index contributed by atoms with van der Waals surface area (Å²) in [5.41, 5.74) is 2.39. The number of amides is 1. The van der Waals surface area contributed by atoms with Crippen molar-refractivity contribution in [1.29, 1.82) is 0 Å². The van der Waals surface area contributed by atoms with Crippen LogP contribution in [0.1, 0.15) is 42.4 Å². The minimum absolute atomic E-state index is 0.0644. The van der Waals surface area contributed by atoms with E-state index in [-0.39, 0.29) is 11.3 Å². The van der Waals surface area contributed by atoms with Crippen molar-refractivity contribution in [2.24, 2.45) is 0 Å². The highest BCUT2D eigenvalue weighted by atomic mass is 16.5. The molecule has 0 atom stereocenters. The van der Waals surface area contributed by atoms with E-state index in [1.165, 1.54) is 0 Å². The summed E-state index contributed by atoms with van der Waals surface area (Å²) in [5, 5.41) is 9.88. The molecule has 6 heteroatoms. The first-order valence-corrected chi connectivity index (χ1v) is 8.42. The Morgan fingerprint density at radius 1 is 1.15 bits per heavy atom. The number of nitrogens with zero attached hydrogens (tertiary/aromatic N) is 2. The van der Waals surface area contributed by atoms with Crippen LogP contribution in [0.2, 0.25) is 0 Å². The first kappa shape index (κ1) is 17.7. The van der Waals surface area contributed by atoms with E-state index in [9.17, 15) is 4.79 Å². The molecule has 0 radical (unpaired) electrons. The molecule has 2 aromatic heterocycles. The number of hydrogen-bond acceptors (Lipinski definition) is 4. The molecule has 0 spiro atoms. The third-order valence-corrected chi connectivity index (χ3v) is 3.85. The number of ether oxygens (including phenoxy) is 1. The molecule has 6 nitrogen and oxygen atoms in total. The number of carbonyl (C=O) groups is 1. The number of benzene rings is 1. The number of rotatable bonds is 5. The Kier molecular flexibility index (Phi) is 5.02. The topological polar surface area (TPSA) is 79.9 Å². The van der Waals surface area contributed by atoms with Crippen molar-refractivity contribution >= 4 is 11.7 Å². The molecule has 0 aliphatic carbocycles. The number of aromatic nitrogens is 3. The van der Waals surface area contributed by atoms with Crippen molar-refractivity contribution in [3.05, 3.63) is 71.5 Å². The van der Waals surface area contributed by atoms with E-state index in [0.29, 0.717) is 23.9 Å². The normalized spacial score (nSPS) is 11.2. The molecule has 1 amide bonds. The molecule has 0 bridgehead atoms. The number of hydrogen-bond donors (Lipinski definition) is 2. The van der Waals surface area contributed by atoms with Crippen LogP contribution in [0.5, 0.6) is 5.88 Å². The predicted molar refractivity (Wildman–Crippen MR) is 100 cm³/mol. The minimum Gasteiger partial charge on any atom is -0.473 e. The van der Waals surface area contributed by atoms with Gasteiger partial charge in [0.05, 0.1) is 0 Å². The predicted octanol–water partition coefficient (Wildman–Crippen LogP) is 3.93. The standard InChI is InChI=1S/C20H22N4O2/c1-20(2,3)16-12-17(24-23-16)22-19(25)15-9-10-21-18(11-15)26-13-14-7-5-4-6-8-14/h4-12H,13H2,1-3H3,(H2,22,23,24,25). The molecule has 0 saturated heterocycles. The molecule has 3 rings (SSSR count). The van der Waals surface area contributed by atoms with E-state index in [1.54, 1.807) is 18.3 Å². The molecule has 0 aliphatic rings. The smallest absolute Gasteiger partial charge is 0.257 e. The van der Waals surface area contributed by atoms with Gasteiger partial charge in [0.15, 0.2) is 5.82 Å². The van der Waals surface area contributed by atoms with Crippen molar-refractivity contribution < 1.29 is 9.53 Å². The third kappa shape index (κ3) is 4.47. The van der Waals surface area contributed by atoms with Gasteiger partial charge >= 0.3 is 0 Å². The van der Waals surface area contributed by atoms with Crippen LogP contribution in [0.15, 0.2) is 54.7 Å². The Labute approximate surface area is 152 Å². The van der Waals surface area contributed by atoms with Crippen molar-refractivity contribution in [2.75, 3.05) is 5.32 Å². The van der Waals surface area contributed by atoms with Crippen LogP contribution in [0.3, 0.4) is 0 Å². The van der Waals surface area contributed by atoms with Crippen molar-refractivity contribution in [2.45, 2.75) is 32.8 Å². The average molecular weight is 350 g/mol. The van der Waals surface area contributed by atoms with E-state index >= 15 is 0 Å². The molecule has 0 saturated carbocycles. The second-order valence-corrected chi connectivity index (χ2v) is 7.03. The van der Waals surface area contributed by atoms with Gasteiger partial charge in [-0.25, -0.2) is 4.98 Å². The third-order valence-electron chi connectivity index (χ3n) is 3.85. The molecule has 0 unspecified atom stereocenters. The molecule has 26 heavy (non-hydrogen) atoms. The zero-order chi connectivity index (χ0) is 18.6. The van der Waals surface area contributed by atoms with Gasteiger partial charge in [-0.05, 0) is 11.6 Å². The first-order valence-electron chi connectivity index (χ1n) is 8.42. The largest absolute Gasteiger partial charge is 0.473 e. The molecule has 134 valence electrons. The molecule has 0 aliphatic heterocycles.